The van der Waals surface area contributed by atoms with Crippen molar-refractivity contribution in [3.8, 4) is 0 Å². The van der Waals surface area contributed by atoms with E-state index in [2.05, 4.69) is 23.9 Å². The Bertz CT molecular complexity index is 475. The molecule has 0 aliphatic carbocycles. The maximum Gasteiger partial charge on any atom is 0.164 e. The number of carbonyl (C=O) groups is 1. The molecule has 1 aromatic rings. The number of nitrogens with zero attached hydrogens (tertiary/aromatic N) is 2. The van der Waals surface area contributed by atoms with E-state index in [9.17, 15) is 4.79 Å². The first kappa shape index (κ1) is 14.5. The van der Waals surface area contributed by atoms with Crippen molar-refractivity contribution in [2.45, 2.75) is 19.4 Å². The minimum Gasteiger partial charge on any atom is -0.304 e. The predicted molar refractivity (Wildman–Crippen MR) is 79.1 cm³/mol. The van der Waals surface area contributed by atoms with E-state index in [0.717, 1.165) is 30.8 Å². The Kier molecular flexibility index (Phi) is 4.61. The fourth-order valence-corrected chi connectivity index (χ4v) is 2.60. The van der Waals surface area contributed by atoms with E-state index >= 15 is 0 Å². The van der Waals surface area contributed by atoms with Crippen LogP contribution in [-0.2, 0) is 0 Å². The maximum absolute atomic E-state index is 12.3. The molecule has 1 aromatic carbocycles. The average molecular weight is 281 g/mol. The number of benzene rings is 1. The molecule has 4 heteroatoms. The topological polar surface area (TPSA) is 23.6 Å². The van der Waals surface area contributed by atoms with Gasteiger partial charge in [-0.3, -0.25) is 4.79 Å². The quantitative estimate of drug-likeness (QED) is 0.795. The van der Waals surface area contributed by atoms with Crippen molar-refractivity contribution in [2.75, 3.05) is 33.7 Å². The van der Waals surface area contributed by atoms with E-state index in [1.54, 1.807) is 6.07 Å². The molecule has 0 radical (unpaired) electrons. The molecule has 0 N–H and O–H groups in total. The summed E-state index contributed by atoms with van der Waals surface area (Å²) < 4.78 is 0. The molecule has 0 aromatic heterocycles. The van der Waals surface area contributed by atoms with Gasteiger partial charge in [-0.25, -0.2) is 0 Å². The van der Waals surface area contributed by atoms with Crippen molar-refractivity contribution in [1.29, 1.82) is 0 Å². The first-order chi connectivity index (χ1) is 8.97. The van der Waals surface area contributed by atoms with Crippen molar-refractivity contribution in [3.63, 3.8) is 0 Å². The fourth-order valence-electron chi connectivity index (χ4n) is 2.42. The second-order valence-corrected chi connectivity index (χ2v) is 5.90. The van der Waals surface area contributed by atoms with Gasteiger partial charge in [0.2, 0.25) is 0 Å². The van der Waals surface area contributed by atoms with Gasteiger partial charge in [-0.2, -0.15) is 0 Å². The molecule has 104 valence electrons. The summed E-state index contributed by atoms with van der Waals surface area (Å²) in [7, 11) is 4.19. The molecule has 1 aliphatic rings. The number of rotatable bonds is 3. The van der Waals surface area contributed by atoms with Crippen LogP contribution in [0.3, 0.4) is 0 Å². The average Bonchev–Trinajstić information content (AvgIpc) is 2.37. The van der Waals surface area contributed by atoms with Crippen LogP contribution in [0.2, 0.25) is 5.02 Å². The molecule has 1 heterocycles. The second-order valence-electron chi connectivity index (χ2n) is 5.49. The summed E-state index contributed by atoms with van der Waals surface area (Å²) >= 11 is 6.08. The number of carbonyl (C=O) groups excluding carboxylic acids is 1. The Morgan fingerprint density at radius 2 is 2.11 bits per heavy atom. The van der Waals surface area contributed by atoms with Crippen LogP contribution in [0.1, 0.15) is 22.3 Å². The lowest BCUT2D eigenvalue weighted by Gasteiger charge is -2.37. The second kappa shape index (κ2) is 6.04. The van der Waals surface area contributed by atoms with E-state index in [1.807, 2.05) is 19.1 Å². The summed E-state index contributed by atoms with van der Waals surface area (Å²) in [5.74, 6) is 0.175. The molecule has 1 atom stereocenters. The molecular formula is C15H21ClN2O. The third-order valence-electron chi connectivity index (χ3n) is 3.90. The highest BCUT2D eigenvalue weighted by Gasteiger charge is 2.24. The van der Waals surface area contributed by atoms with Crippen LogP contribution in [0.25, 0.3) is 0 Å². The molecular weight excluding hydrogens is 260 g/mol. The Hall–Kier alpha value is -0.900. The van der Waals surface area contributed by atoms with Gasteiger partial charge in [-0.1, -0.05) is 23.7 Å². The molecule has 1 aliphatic heterocycles. The van der Waals surface area contributed by atoms with Gasteiger partial charge in [-0.15, -0.1) is 0 Å². The van der Waals surface area contributed by atoms with Crippen LogP contribution < -0.4 is 0 Å². The molecule has 0 bridgehead atoms. The number of hydrogen-bond donors (Lipinski definition) is 0. The van der Waals surface area contributed by atoms with Crippen LogP contribution in [0.15, 0.2) is 18.2 Å². The van der Waals surface area contributed by atoms with Gasteiger partial charge in [0.15, 0.2) is 5.78 Å². The number of piperazine rings is 1. The number of ketones is 1. The third kappa shape index (κ3) is 3.56. The number of halogens is 1. The van der Waals surface area contributed by atoms with Crippen molar-refractivity contribution in [3.05, 3.63) is 34.3 Å². The zero-order valence-electron chi connectivity index (χ0n) is 11.8. The van der Waals surface area contributed by atoms with Crippen LogP contribution in [0, 0.1) is 6.92 Å². The van der Waals surface area contributed by atoms with E-state index in [0.29, 0.717) is 17.5 Å². The lowest BCUT2D eigenvalue weighted by atomic mass is 10.0. The van der Waals surface area contributed by atoms with Gasteiger partial charge in [0.05, 0.1) is 0 Å². The van der Waals surface area contributed by atoms with Crippen molar-refractivity contribution >= 4 is 17.4 Å². The molecule has 1 unspecified atom stereocenters. The van der Waals surface area contributed by atoms with Crippen LogP contribution in [-0.4, -0.2) is 55.4 Å². The summed E-state index contributed by atoms with van der Waals surface area (Å²) in [5.41, 5.74) is 1.73. The Morgan fingerprint density at radius 1 is 1.37 bits per heavy atom. The smallest absolute Gasteiger partial charge is 0.164 e. The standard InChI is InChI=1S/C15H21ClN2O/c1-11-4-5-12(8-14(11)16)15(19)9-13-10-17(2)6-7-18(13)3/h4-5,8,13H,6-7,9-10H2,1-3H3. The minimum atomic E-state index is 0.175. The molecule has 0 saturated carbocycles. The molecule has 19 heavy (non-hydrogen) atoms. The van der Waals surface area contributed by atoms with E-state index < -0.39 is 0 Å². The lowest BCUT2D eigenvalue weighted by Crippen LogP contribution is -2.50. The van der Waals surface area contributed by atoms with E-state index in [-0.39, 0.29) is 5.78 Å². The van der Waals surface area contributed by atoms with Crippen molar-refractivity contribution in [2.24, 2.45) is 0 Å². The first-order valence-corrected chi connectivity index (χ1v) is 7.03. The van der Waals surface area contributed by atoms with Crippen LogP contribution >= 0.6 is 11.6 Å². The van der Waals surface area contributed by atoms with Gasteiger partial charge in [0.25, 0.3) is 0 Å². The minimum absolute atomic E-state index is 0.175. The Morgan fingerprint density at radius 3 is 2.79 bits per heavy atom. The SMILES string of the molecule is Cc1ccc(C(=O)CC2CN(C)CCN2C)cc1Cl. The summed E-state index contributed by atoms with van der Waals surface area (Å²) in [6.07, 6.45) is 0.556. The summed E-state index contributed by atoms with van der Waals surface area (Å²) in [4.78, 5) is 16.9. The molecule has 2 rings (SSSR count). The van der Waals surface area contributed by atoms with E-state index in [4.69, 9.17) is 11.6 Å². The maximum atomic E-state index is 12.3. The van der Waals surface area contributed by atoms with Crippen molar-refractivity contribution in [1.82, 2.24) is 9.80 Å². The zero-order chi connectivity index (χ0) is 14.0. The monoisotopic (exact) mass is 280 g/mol. The summed E-state index contributed by atoms with van der Waals surface area (Å²) in [6, 6.07) is 5.86. The highest BCUT2D eigenvalue weighted by molar-refractivity contribution is 6.31. The number of likely N-dealkylation sites (N-methyl/N-ethyl adjacent to an activating group) is 2. The summed E-state index contributed by atoms with van der Waals surface area (Å²) in [5, 5.41) is 0.667. The van der Waals surface area contributed by atoms with Gasteiger partial charge in [0, 0.05) is 42.7 Å². The Labute approximate surface area is 120 Å². The lowest BCUT2D eigenvalue weighted by molar-refractivity contribution is 0.0810. The number of aryl methyl sites for hydroxylation is 1. The van der Waals surface area contributed by atoms with Gasteiger partial charge in [-0.05, 0) is 32.6 Å². The molecule has 1 fully saturated rings. The largest absolute Gasteiger partial charge is 0.304 e. The highest BCUT2D eigenvalue weighted by atomic mass is 35.5. The fraction of sp³-hybridized carbons (Fsp3) is 0.533. The van der Waals surface area contributed by atoms with Crippen LogP contribution in [0.4, 0.5) is 0 Å². The zero-order valence-corrected chi connectivity index (χ0v) is 12.6. The number of Topliss-reactive ketones (excluding diaryl/α,β-unsaturated/α-hetero) is 1. The Balaban J connectivity index is 2.05. The van der Waals surface area contributed by atoms with E-state index in [1.165, 1.54) is 0 Å². The highest BCUT2D eigenvalue weighted by Crippen LogP contribution is 2.19. The third-order valence-corrected chi connectivity index (χ3v) is 4.30. The van der Waals surface area contributed by atoms with Gasteiger partial charge < -0.3 is 9.80 Å². The van der Waals surface area contributed by atoms with Gasteiger partial charge in [0.1, 0.15) is 0 Å². The van der Waals surface area contributed by atoms with Crippen LogP contribution in [0.5, 0.6) is 0 Å². The normalized spacial score (nSPS) is 21.6. The first-order valence-electron chi connectivity index (χ1n) is 6.65. The molecule has 1 saturated heterocycles. The van der Waals surface area contributed by atoms with Gasteiger partial charge >= 0.3 is 0 Å². The number of hydrogen-bond acceptors (Lipinski definition) is 3. The van der Waals surface area contributed by atoms with Crippen molar-refractivity contribution < 1.29 is 4.79 Å². The predicted octanol–water partition coefficient (Wildman–Crippen LogP) is 2.47. The molecule has 0 amide bonds. The molecule has 0 spiro atoms. The summed E-state index contributed by atoms with van der Waals surface area (Å²) in [6.45, 7) is 4.98. The molecule has 3 nitrogen and oxygen atoms in total.